The van der Waals surface area contributed by atoms with Gasteiger partial charge in [0.05, 0.1) is 21.8 Å². The average molecular weight is 280 g/mol. The number of fused-ring (bicyclic) bond motifs is 1. The van der Waals surface area contributed by atoms with Crippen LogP contribution < -0.4 is 11.1 Å². The third-order valence-electron chi connectivity index (χ3n) is 2.94. The predicted octanol–water partition coefficient (Wildman–Crippen LogP) is 3.36. The van der Waals surface area contributed by atoms with E-state index in [1.165, 1.54) is 0 Å². The Morgan fingerprint density at radius 3 is 2.75 bits per heavy atom. The van der Waals surface area contributed by atoms with Crippen LogP contribution in [-0.2, 0) is 6.54 Å². The first-order chi connectivity index (χ1) is 9.74. The normalized spacial score (nSPS) is 10.3. The second kappa shape index (κ2) is 5.19. The maximum atomic E-state index is 8.76. The Kier molecular flexibility index (Phi) is 3.23. The minimum absolute atomic E-state index is 0.671. The van der Waals surface area contributed by atoms with Crippen LogP contribution in [0.1, 0.15) is 11.1 Å². The van der Waals surface area contributed by atoms with Gasteiger partial charge in [0.25, 0.3) is 0 Å². The van der Waals surface area contributed by atoms with Crippen molar-refractivity contribution in [2.75, 3.05) is 11.1 Å². The third-order valence-corrected chi connectivity index (χ3v) is 3.92. The summed E-state index contributed by atoms with van der Waals surface area (Å²) in [5.74, 6) is 0. The Hall–Kier alpha value is -2.58. The summed E-state index contributed by atoms with van der Waals surface area (Å²) in [6.45, 7) is 0.682. The Labute approximate surface area is 120 Å². The molecule has 5 heteroatoms. The molecule has 3 N–H and O–H groups in total. The van der Waals surface area contributed by atoms with E-state index in [0.717, 1.165) is 26.6 Å². The van der Waals surface area contributed by atoms with Crippen LogP contribution in [0.2, 0.25) is 0 Å². The Morgan fingerprint density at radius 1 is 1.20 bits per heavy atom. The van der Waals surface area contributed by atoms with Crippen LogP contribution in [0.5, 0.6) is 0 Å². The molecule has 4 nitrogen and oxygen atoms in total. The lowest BCUT2D eigenvalue weighted by Gasteiger charge is -2.02. The Morgan fingerprint density at radius 2 is 2.00 bits per heavy atom. The van der Waals surface area contributed by atoms with Gasteiger partial charge in [0.1, 0.15) is 0 Å². The minimum Gasteiger partial charge on any atom is -0.399 e. The standard InChI is InChI=1S/C15H12N4S/c16-8-10-1-3-11(4-2-10)9-18-15-19-13-6-5-12(17)7-14(13)20-15/h1-7H,9,17H2,(H,18,19). The fourth-order valence-corrected chi connectivity index (χ4v) is 2.80. The number of nitrogens with two attached hydrogens (primary N) is 1. The number of nitrogens with one attached hydrogen (secondary N) is 1. The van der Waals surface area contributed by atoms with Gasteiger partial charge in [0, 0.05) is 12.2 Å². The van der Waals surface area contributed by atoms with Crippen LogP contribution in [0.15, 0.2) is 42.5 Å². The van der Waals surface area contributed by atoms with E-state index < -0.39 is 0 Å². The molecule has 0 amide bonds. The molecule has 0 saturated heterocycles. The summed E-state index contributed by atoms with van der Waals surface area (Å²) >= 11 is 1.58. The maximum absolute atomic E-state index is 8.76. The topological polar surface area (TPSA) is 74.7 Å². The molecule has 20 heavy (non-hydrogen) atoms. The van der Waals surface area contributed by atoms with Crippen molar-refractivity contribution in [3.63, 3.8) is 0 Å². The van der Waals surface area contributed by atoms with E-state index in [1.807, 2.05) is 42.5 Å². The predicted molar refractivity (Wildman–Crippen MR) is 82.5 cm³/mol. The lowest BCUT2D eigenvalue weighted by molar-refractivity contribution is 1.14. The number of nitrogen functional groups attached to an aromatic ring is 1. The molecule has 0 unspecified atom stereocenters. The molecule has 0 fully saturated rings. The van der Waals surface area contributed by atoms with Gasteiger partial charge in [-0.2, -0.15) is 5.26 Å². The van der Waals surface area contributed by atoms with E-state index in [1.54, 1.807) is 11.3 Å². The third kappa shape index (κ3) is 2.56. The lowest BCUT2D eigenvalue weighted by Crippen LogP contribution is -1.98. The summed E-state index contributed by atoms with van der Waals surface area (Å²) in [6.07, 6.45) is 0. The number of rotatable bonds is 3. The van der Waals surface area contributed by atoms with E-state index in [4.69, 9.17) is 11.0 Å². The molecule has 0 saturated carbocycles. The van der Waals surface area contributed by atoms with Crippen LogP contribution in [0.4, 0.5) is 10.8 Å². The second-order valence-electron chi connectivity index (χ2n) is 4.41. The van der Waals surface area contributed by atoms with Crippen molar-refractivity contribution in [3.8, 4) is 6.07 Å². The molecule has 2 aromatic carbocycles. The highest BCUT2D eigenvalue weighted by Crippen LogP contribution is 2.27. The van der Waals surface area contributed by atoms with Crippen molar-refractivity contribution >= 4 is 32.4 Å². The van der Waals surface area contributed by atoms with Gasteiger partial charge in [0.15, 0.2) is 5.13 Å². The van der Waals surface area contributed by atoms with Gasteiger partial charge < -0.3 is 11.1 Å². The molecule has 98 valence electrons. The molecule has 0 aliphatic rings. The zero-order valence-corrected chi connectivity index (χ0v) is 11.4. The zero-order valence-electron chi connectivity index (χ0n) is 10.6. The van der Waals surface area contributed by atoms with Gasteiger partial charge in [-0.3, -0.25) is 0 Å². The smallest absolute Gasteiger partial charge is 0.184 e. The van der Waals surface area contributed by atoms with E-state index in [0.29, 0.717) is 12.1 Å². The molecule has 1 heterocycles. The molecule has 0 radical (unpaired) electrons. The van der Waals surface area contributed by atoms with Crippen molar-refractivity contribution in [1.82, 2.24) is 4.98 Å². The second-order valence-corrected chi connectivity index (χ2v) is 5.44. The van der Waals surface area contributed by atoms with E-state index in [9.17, 15) is 0 Å². The number of benzene rings is 2. The maximum Gasteiger partial charge on any atom is 0.184 e. The molecule has 1 aromatic heterocycles. The van der Waals surface area contributed by atoms with Crippen LogP contribution in [-0.4, -0.2) is 4.98 Å². The summed E-state index contributed by atoms with van der Waals surface area (Å²) in [6, 6.07) is 15.3. The van der Waals surface area contributed by atoms with Crippen LogP contribution in [0.3, 0.4) is 0 Å². The monoisotopic (exact) mass is 280 g/mol. The highest BCUT2D eigenvalue weighted by atomic mass is 32.1. The molecule has 3 aromatic rings. The first-order valence-corrected chi connectivity index (χ1v) is 6.95. The van der Waals surface area contributed by atoms with E-state index >= 15 is 0 Å². The fraction of sp³-hybridized carbons (Fsp3) is 0.0667. The molecular weight excluding hydrogens is 268 g/mol. The lowest BCUT2D eigenvalue weighted by atomic mass is 10.1. The summed E-state index contributed by atoms with van der Waals surface area (Å²) in [4.78, 5) is 4.50. The van der Waals surface area contributed by atoms with Gasteiger partial charge in [-0.25, -0.2) is 4.98 Å². The Bertz CT molecular complexity index is 784. The number of hydrogen-bond donors (Lipinski definition) is 2. The largest absolute Gasteiger partial charge is 0.399 e. The molecule has 0 aliphatic heterocycles. The molecule has 0 aliphatic carbocycles. The minimum atomic E-state index is 0.671. The summed E-state index contributed by atoms with van der Waals surface area (Å²) in [7, 11) is 0. The Balaban J connectivity index is 1.74. The van der Waals surface area contributed by atoms with Crippen molar-refractivity contribution in [1.29, 1.82) is 5.26 Å². The van der Waals surface area contributed by atoms with Crippen LogP contribution in [0, 0.1) is 11.3 Å². The van der Waals surface area contributed by atoms with Crippen LogP contribution in [0.25, 0.3) is 10.2 Å². The summed E-state index contributed by atoms with van der Waals surface area (Å²) in [5.41, 5.74) is 9.24. The number of aromatic nitrogens is 1. The molecule has 3 rings (SSSR count). The summed E-state index contributed by atoms with van der Waals surface area (Å²) < 4.78 is 1.08. The highest BCUT2D eigenvalue weighted by molar-refractivity contribution is 7.22. The van der Waals surface area contributed by atoms with Crippen molar-refractivity contribution in [2.24, 2.45) is 0 Å². The number of anilines is 2. The number of nitrogens with zero attached hydrogens (tertiary/aromatic N) is 2. The molecule has 0 bridgehead atoms. The number of hydrogen-bond acceptors (Lipinski definition) is 5. The molecule has 0 spiro atoms. The fourth-order valence-electron chi connectivity index (χ4n) is 1.89. The molecular formula is C15H12N4S. The van der Waals surface area contributed by atoms with Crippen molar-refractivity contribution < 1.29 is 0 Å². The summed E-state index contributed by atoms with van der Waals surface area (Å²) in [5, 5.41) is 12.9. The zero-order chi connectivity index (χ0) is 13.9. The van der Waals surface area contributed by atoms with E-state index in [2.05, 4.69) is 16.4 Å². The van der Waals surface area contributed by atoms with Crippen molar-refractivity contribution in [2.45, 2.75) is 6.54 Å². The first kappa shape index (κ1) is 12.5. The van der Waals surface area contributed by atoms with Gasteiger partial charge in [0.2, 0.25) is 0 Å². The van der Waals surface area contributed by atoms with Crippen molar-refractivity contribution in [3.05, 3.63) is 53.6 Å². The van der Waals surface area contributed by atoms with Gasteiger partial charge in [-0.05, 0) is 35.9 Å². The molecule has 0 atom stereocenters. The van der Waals surface area contributed by atoms with Gasteiger partial charge in [-0.1, -0.05) is 23.5 Å². The quantitative estimate of drug-likeness (QED) is 0.721. The van der Waals surface area contributed by atoms with Crippen LogP contribution >= 0.6 is 11.3 Å². The number of nitriles is 1. The average Bonchev–Trinajstić information content (AvgIpc) is 2.87. The van der Waals surface area contributed by atoms with Gasteiger partial charge in [-0.15, -0.1) is 0 Å². The number of thiazole rings is 1. The van der Waals surface area contributed by atoms with Gasteiger partial charge >= 0.3 is 0 Å². The van der Waals surface area contributed by atoms with E-state index in [-0.39, 0.29) is 0 Å². The SMILES string of the molecule is N#Cc1ccc(CNc2nc3ccc(N)cc3s2)cc1. The highest BCUT2D eigenvalue weighted by Gasteiger charge is 2.03. The first-order valence-electron chi connectivity index (χ1n) is 6.13.